The van der Waals surface area contributed by atoms with Gasteiger partial charge < -0.3 is 5.32 Å². The van der Waals surface area contributed by atoms with E-state index in [1.807, 2.05) is 30.3 Å². The fourth-order valence-corrected chi connectivity index (χ4v) is 4.16. The van der Waals surface area contributed by atoms with Gasteiger partial charge in [-0.15, -0.1) is 0 Å². The summed E-state index contributed by atoms with van der Waals surface area (Å²) < 4.78 is 1.53. The van der Waals surface area contributed by atoms with Crippen LogP contribution in [0.4, 0.5) is 4.79 Å². The van der Waals surface area contributed by atoms with Crippen molar-refractivity contribution in [2.45, 2.75) is 50.4 Å². The first-order valence-electron chi connectivity index (χ1n) is 10.7. The van der Waals surface area contributed by atoms with E-state index in [1.54, 1.807) is 32.0 Å². The number of carbonyl (C=O) groups excluding carboxylic acids is 2. The third-order valence-electron chi connectivity index (χ3n) is 5.30. The van der Waals surface area contributed by atoms with Crippen LogP contribution in [0.25, 0.3) is 16.6 Å². The fourth-order valence-electron chi connectivity index (χ4n) is 3.24. The first kappa shape index (κ1) is 23.5. The molecule has 3 aromatic rings. The van der Waals surface area contributed by atoms with Crippen molar-refractivity contribution < 1.29 is 9.59 Å². The van der Waals surface area contributed by atoms with Crippen LogP contribution in [0.15, 0.2) is 58.5 Å². The quantitative estimate of drug-likeness (QED) is 0.413. The number of rotatable bonds is 7. The van der Waals surface area contributed by atoms with Gasteiger partial charge in [-0.25, -0.2) is 9.78 Å². The van der Waals surface area contributed by atoms with Gasteiger partial charge in [-0.05, 0) is 56.0 Å². The van der Waals surface area contributed by atoms with E-state index in [2.05, 4.69) is 29.5 Å². The van der Waals surface area contributed by atoms with Gasteiger partial charge in [-0.3, -0.25) is 19.5 Å². The highest BCUT2D eigenvalue weighted by Gasteiger charge is 2.21. The highest BCUT2D eigenvalue weighted by molar-refractivity contribution is 8.00. The molecule has 0 radical (unpaired) electrons. The van der Waals surface area contributed by atoms with Gasteiger partial charge in [-0.2, -0.15) is 0 Å². The number of urea groups is 1. The van der Waals surface area contributed by atoms with Gasteiger partial charge >= 0.3 is 6.03 Å². The summed E-state index contributed by atoms with van der Waals surface area (Å²) in [6.07, 6.45) is 1.02. The number of aromatic nitrogens is 2. The molecule has 7 nitrogen and oxygen atoms in total. The predicted octanol–water partition coefficient (Wildman–Crippen LogP) is 4.23. The van der Waals surface area contributed by atoms with E-state index in [4.69, 9.17) is 0 Å². The molecule has 0 aliphatic carbocycles. The maximum absolute atomic E-state index is 13.4. The maximum Gasteiger partial charge on any atom is 0.321 e. The fraction of sp³-hybridized carbons (Fsp3) is 0.333. The number of nitrogens with one attached hydrogen (secondary N) is 2. The third kappa shape index (κ3) is 5.19. The Morgan fingerprint density at radius 1 is 1.06 bits per heavy atom. The molecule has 2 aromatic carbocycles. The molecule has 0 aliphatic rings. The molecule has 32 heavy (non-hydrogen) atoms. The van der Waals surface area contributed by atoms with Gasteiger partial charge in [0.15, 0.2) is 5.16 Å². The number of benzene rings is 2. The van der Waals surface area contributed by atoms with E-state index in [0.717, 1.165) is 18.2 Å². The zero-order valence-corrected chi connectivity index (χ0v) is 19.5. The van der Waals surface area contributed by atoms with Crippen molar-refractivity contribution in [1.82, 2.24) is 20.2 Å². The molecule has 1 aromatic heterocycles. The lowest BCUT2D eigenvalue weighted by atomic mass is 9.98. The smallest absolute Gasteiger partial charge is 0.321 e. The number of hydrogen-bond donors (Lipinski definition) is 2. The van der Waals surface area contributed by atoms with Crippen molar-refractivity contribution in [1.29, 1.82) is 0 Å². The van der Waals surface area contributed by atoms with E-state index in [-0.39, 0.29) is 5.56 Å². The second kappa shape index (κ2) is 10.5. The summed E-state index contributed by atoms with van der Waals surface area (Å²) in [7, 11) is 0. The summed E-state index contributed by atoms with van der Waals surface area (Å²) in [5.74, 6) is -0.0376. The standard InChI is InChI=1S/C24H28N4O3S/c1-5-15(3)17-11-13-18(14-12-17)28-22(30)19-9-7-8-10-20(19)26-24(28)32-16(4)21(29)27-23(31)25-6-2/h7-16H,5-6H2,1-4H3,(H2,25,27,29,31)/t15-,16-/m1/s1. The van der Waals surface area contributed by atoms with Gasteiger partial charge in [0.1, 0.15) is 0 Å². The number of nitrogens with zero attached hydrogens (tertiary/aromatic N) is 2. The van der Waals surface area contributed by atoms with Gasteiger partial charge in [0, 0.05) is 6.54 Å². The Hall–Kier alpha value is -3.13. The molecule has 0 aliphatic heterocycles. The van der Waals surface area contributed by atoms with Gasteiger partial charge in [-0.1, -0.05) is 49.9 Å². The summed E-state index contributed by atoms with van der Waals surface area (Å²) in [6.45, 7) is 8.16. The topological polar surface area (TPSA) is 93.1 Å². The Morgan fingerprint density at radius 3 is 2.41 bits per heavy atom. The average molecular weight is 453 g/mol. The number of para-hydroxylation sites is 1. The molecule has 2 N–H and O–H groups in total. The van der Waals surface area contributed by atoms with E-state index in [0.29, 0.717) is 34.2 Å². The van der Waals surface area contributed by atoms with Gasteiger partial charge in [0.25, 0.3) is 5.56 Å². The third-order valence-corrected chi connectivity index (χ3v) is 6.36. The zero-order chi connectivity index (χ0) is 23.3. The molecule has 3 rings (SSSR count). The van der Waals surface area contributed by atoms with Crippen LogP contribution in [0.3, 0.4) is 0 Å². The summed E-state index contributed by atoms with van der Waals surface area (Å²) >= 11 is 1.14. The van der Waals surface area contributed by atoms with Crippen molar-refractivity contribution >= 4 is 34.6 Å². The highest BCUT2D eigenvalue weighted by Crippen LogP contribution is 2.26. The molecule has 0 fully saturated rings. The molecule has 0 saturated heterocycles. The maximum atomic E-state index is 13.4. The predicted molar refractivity (Wildman–Crippen MR) is 129 cm³/mol. The Bertz CT molecular complexity index is 1170. The van der Waals surface area contributed by atoms with Crippen LogP contribution in [0, 0.1) is 0 Å². The molecular formula is C24H28N4O3S. The van der Waals surface area contributed by atoms with Crippen LogP contribution < -0.4 is 16.2 Å². The van der Waals surface area contributed by atoms with Crippen LogP contribution in [0.2, 0.25) is 0 Å². The van der Waals surface area contributed by atoms with E-state index in [9.17, 15) is 14.4 Å². The molecule has 168 valence electrons. The number of carbonyl (C=O) groups is 2. The van der Waals surface area contributed by atoms with Crippen molar-refractivity contribution in [2.24, 2.45) is 0 Å². The van der Waals surface area contributed by atoms with Crippen molar-refractivity contribution in [3.05, 3.63) is 64.4 Å². The minimum atomic E-state index is -0.642. The Labute approximate surface area is 191 Å². The summed E-state index contributed by atoms with van der Waals surface area (Å²) in [6, 6.07) is 14.4. The number of thioether (sulfide) groups is 1. The molecule has 0 saturated carbocycles. The van der Waals surface area contributed by atoms with E-state index in [1.165, 1.54) is 10.1 Å². The van der Waals surface area contributed by atoms with Crippen LogP contribution in [0.5, 0.6) is 0 Å². The second-order valence-corrected chi connectivity index (χ2v) is 8.87. The lowest BCUT2D eigenvalue weighted by Crippen LogP contribution is -2.42. The largest absolute Gasteiger partial charge is 0.338 e. The van der Waals surface area contributed by atoms with Crippen LogP contribution >= 0.6 is 11.8 Å². The van der Waals surface area contributed by atoms with Gasteiger partial charge in [0.05, 0.1) is 21.8 Å². The van der Waals surface area contributed by atoms with Crippen molar-refractivity contribution in [3.63, 3.8) is 0 Å². The monoisotopic (exact) mass is 452 g/mol. The summed E-state index contributed by atoms with van der Waals surface area (Å²) in [5, 5.41) is 5.10. The van der Waals surface area contributed by atoms with Crippen molar-refractivity contribution in [2.75, 3.05) is 6.54 Å². The molecule has 0 spiro atoms. The average Bonchev–Trinajstić information content (AvgIpc) is 2.79. The van der Waals surface area contributed by atoms with Crippen LogP contribution in [-0.4, -0.2) is 33.3 Å². The first-order chi connectivity index (χ1) is 15.3. The van der Waals surface area contributed by atoms with Gasteiger partial charge in [0.2, 0.25) is 5.91 Å². The minimum Gasteiger partial charge on any atom is -0.338 e. The zero-order valence-electron chi connectivity index (χ0n) is 18.7. The Morgan fingerprint density at radius 2 is 1.75 bits per heavy atom. The molecule has 0 unspecified atom stereocenters. The van der Waals surface area contributed by atoms with Crippen LogP contribution in [0.1, 0.15) is 45.6 Å². The summed E-state index contributed by atoms with van der Waals surface area (Å²) in [5.41, 5.74) is 2.23. The second-order valence-electron chi connectivity index (χ2n) is 7.56. The number of hydrogen-bond acceptors (Lipinski definition) is 5. The SMILES string of the molecule is CCNC(=O)NC(=O)[C@@H](C)Sc1nc2ccccc2c(=O)n1-c1ccc([C@H](C)CC)cc1. The Kier molecular flexibility index (Phi) is 7.69. The molecule has 3 amide bonds. The molecule has 8 heteroatoms. The number of imide groups is 1. The molecule has 0 bridgehead atoms. The Balaban J connectivity index is 2.02. The lowest BCUT2D eigenvalue weighted by Gasteiger charge is -2.17. The molecule has 1 heterocycles. The molecular weight excluding hydrogens is 424 g/mol. The summed E-state index contributed by atoms with van der Waals surface area (Å²) in [4.78, 5) is 42.2. The van der Waals surface area contributed by atoms with E-state index < -0.39 is 17.2 Å². The van der Waals surface area contributed by atoms with Crippen LogP contribution in [-0.2, 0) is 4.79 Å². The minimum absolute atomic E-state index is 0.203. The van der Waals surface area contributed by atoms with Crippen molar-refractivity contribution in [3.8, 4) is 5.69 Å². The highest BCUT2D eigenvalue weighted by atomic mass is 32.2. The molecule has 2 atom stereocenters. The number of amides is 3. The van der Waals surface area contributed by atoms with E-state index >= 15 is 0 Å². The normalized spacial score (nSPS) is 12.9. The number of fused-ring (bicyclic) bond motifs is 1. The first-order valence-corrected chi connectivity index (χ1v) is 11.6. The lowest BCUT2D eigenvalue weighted by molar-refractivity contribution is -0.119.